The average molecular weight is 251 g/mol. The van der Waals surface area contributed by atoms with Gasteiger partial charge in [0.05, 0.1) is 5.39 Å². The maximum atomic E-state index is 6.00. The van der Waals surface area contributed by atoms with Gasteiger partial charge < -0.3 is 10.5 Å². The first kappa shape index (κ1) is 12.3. The Kier molecular flexibility index (Phi) is 3.59. The summed E-state index contributed by atoms with van der Waals surface area (Å²) in [5.41, 5.74) is 7.20. The SMILES string of the molecule is COCCCc1nc(N)c2c(C)c(C)sc2n1. The monoisotopic (exact) mass is 251 g/mol. The van der Waals surface area contributed by atoms with Crippen molar-refractivity contribution in [2.45, 2.75) is 26.7 Å². The summed E-state index contributed by atoms with van der Waals surface area (Å²) in [5, 5.41) is 1.02. The van der Waals surface area contributed by atoms with Crippen LogP contribution in [0.3, 0.4) is 0 Å². The summed E-state index contributed by atoms with van der Waals surface area (Å²) in [6, 6.07) is 0. The van der Waals surface area contributed by atoms with Gasteiger partial charge >= 0.3 is 0 Å². The van der Waals surface area contributed by atoms with Gasteiger partial charge in [-0.1, -0.05) is 0 Å². The number of thiophene rings is 1. The van der Waals surface area contributed by atoms with E-state index in [1.165, 1.54) is 10.4 Å². The molecule has 17 heavy (non-hydrogen) atoms. The van der Waals surface area contributed by atoms with Crippen molar-refractivity contribution in [3.05, 3.63) is 16.3 Å². The highest BCUT2D eigenvalue weighted by molar-refractivity contribution is 7.18. The lowest BCUT2D eigenvalue weighted by atomic mass is 10.2. The number of rotatable bonds is 4. The van der Waals surface area contributed by atoms with E-state index in [1.54, 1.807) is 18.4 Å². The summed E-state index contributed by atoms with van der Waals surface area (Å²) in [4.78, 5) is 11.2. The van der Waals surface area contributed by atoms with Gasteiger partial charge in [-0.3, -0.25) is 0 Å². The van der Waals surface area contributed by atoms with Crippen molar-refractivity contribution < 1.29 is 4.74 Å². The summed E-state index contributed by atoms with van der Waals surface area (Å²) in [7, 11) is 1.70. The topological polar surface area (TPSA) is 61.0 Å². The summed E-state index contributed by atoms with van der Waals surface area (Å²) >= 11 is 1.68. The summed E-state index contributed by atoms with van der Waals surface area (Å²) in [5.74, 6) is 1.41. The molecule has 2 rings (SSSR count). The Labute approximate surface area is 105 Å². The molecule has 0 fully saturated rings. The molecule has 0 aliphatic carbocycles. The molecule has 0 aromatic carbocycles. The minimum absolute atomic E-state index is 0.601. The van der Waals surface area contributed by atoms with Crippen molar-refractivity contribution >= 4 is 27.4 Å². The first-order valence-electron chi connectivity index (χ1n) is 5.64. The number of nitrogens with two attached hydrogens (primary N) is 1. The van der Waals surface area contributed by atoms with E-state index in [1.807, 2.05) is 0 Å². The van der Waals surface area contributed by atoms with Gasteiger partial charge in [-0.2, -0.15) is 0 Å². The average Bonchev–Trinajstić information content (AvgIpc) is 2.55. The number of hydrogen-bond donors (Lipinski definition) is 1. The van der Waals surface area contributed by atoms with Crippen LogP contribution in [-0.4, -0.2) is 23.7 Å². The Morgan fingerprint density at radius 3 is 2.76 bits per heavy atom. The first-order valence-corrected chi connectivity index (χ1v) is 6.46. The number of aromatic nitrogens is 2. The Bertz CT molecular complexity index is 536. The van der Waals surface area contributed by atoms with Gasteiger partial charge in [0.15, 0.2) is 0 Å². The standard InChI is InChI=1S/C12H17N3OS/c1-7-8(2)17-12-10(7)11(13)14-9(15-12)5-4-6-16-3/h4-6H2,1-3H3,(H2,13,14,15). The van der Waals surface area contributed by atoms with E-state index in [4.69, 9.17) is 10.5 Å². The van der Waals surface area contributed by atoms with Crippen LogP contribution in [0.2, 0.25) is 0 Å². The molecular formula is C12H17N3OS. The molecule has 2 N–H and O–H groups in total. The molecule has 92 valence electrons. The number of aryl methyl sites for hydroxylation is 3. The highest BCUT2D eigenvalue weighted by atomic mass is 32.1. The second-order valence-electron chi connectivity index (χ2n) is 4.08. The normalized spacial score (nSPS) is 11.2. The largest absolute Gasteiger partial charge is 0.385 e. The zero-order chi connectivity index (χ0) is 12.4. The maximum absolute atomic E-state index is 6.00. The van der Waals surface area contributed by atoms with Crippen LogP contribution in [0.5, 0.6) is 0 Å². The quantitative estimate of drug-likeness (QED) is 0.848. The molecule has 0 spiro atoms. The van der Waals surface area contributed by atoms with Crippen LogP contribution in [0.15, 0.2) is 0 Å². The van der Waals surface area contributed by atoms with E-state index in [0.717, 1.165) is 35.5 Å². The molecule has 0 aliphatic heterocycles. The highest BCUT2D eigenvalue weighted by Crippen LogP contribution is 2.31. The molecule has 2 aromatic rings. The second-order valence-corrected chi connectivity index (χ2v) is 5.29. The zero-order valence-electron chi connectivity index (χ0n) is 10.4. The minimum Gasteiger partial charge on any atom is -0.385 e. The van der Waals surface area contributed by atoms with Crippen molar-refractivity contribution in [2.24, 2.45) is 0 Å². The molecule has 4 nitrogen and oxygen atoms in total. The Morgan fingerprint density at radius 2 is 2.06 bits per heavy atom. The molecule has 0 saturated heterocycles. The van der Waals surface area contributed by atoms with Crippen LogP contribution in [0.1, 0.15) is 22.7 Å². The maximum Gasteiger partial charge on any atom is 0.136 e. The fourth-order valence-corrected chi connectivity index (χ4v) is 2.87. The molecule has 0 amide bonds. The number of nitrogens with zero attached hydrogens (tertiary/aromatic N) is 2. The number of hydrogen-bond acceptors (Lipinski definition) is 5. The van der Waals surface area contributed by atoms with Crippen LogP contribution in [0, 0.1) is 13.8 Å². The molecule has 0 unspecified atom stereocenters. The van der Waals surface area contributed by atoms with Gasteiger partial charge in [0, 0.05) is 25.0 Å². The van der Waals surface area contributed by atoms with Crippen LogP contribution in [0.25, 0.3) is 10.2 Å². The third kappa shape index (κ3) is 2.40. The molecule has 0 atom stereocenters. The molecule has 0 saturated carbocycles. The molecule has 0 bridgehead atoms. The predicted molar refractivity (Wildman–Crippen MR) is 71.5 cm³/mol. The fourth-order valence-electron chi connectivity index (χ4n) is 1.81. The number of nitrogen functional groups attached to an aromatic ring is 1. The summed E-state index contributed by atoms with van der Waals surface area (Å²) in [6.07, 6.45) is 1.73. The molecule has 0 aliphatic rings. The van der Waals surface area contributed by atoms with Gasteiger partial charge in [0.1, 0.15) is 16.5 Å². The Hall–Kier alpha value is -1.20. The summed E-state index contributed by atoms with van der Waals surface area (Å²) < 4.78 is 5.02. The predicted octanol–water partition coefficient (Wildman–Crippen LogP) is 2.47. The summed E-state index contributed by atoms with van der Waals surface area (Å²) in [6.45, 7) is 4.88. The molecular weight excluding hydrogens is 234 g/mol. The van der Waals surface area contributed by atoms with Gasteiger partial charge in [0.25, 0.3) is 0 Å². The van der Waals surface area contributed by atoms with Gasteiger partial charge in [0.2, 0.25) is 0 Å². The Morgan fingerprint density at radius 1 is 1.29 bits per heavy atom. The van der Waals surface area contributed by atoms with Crippen LogP contribution in [0.4, 0.5) is 5.82 Å². The number of anilines is 1. The lowest BCUT2D eigenvalue weighted by molar-refractivity contribution is 0.194. The van der Waals surface area contributed by atoms with Crippen molar-refractivity contribution in [3.63, 3.8) is 0 Å². The van der Waals surface area contributed by atoms with E-state index < -0.39 is 0 Å². The van der Waals surface area contributed by atoms with Crippen LogP contribution < -0.4 is 5.73 Å². The smallest absolute Gasteiger partial charge is 0.136 e. The van der Waals surface area contributed by atoms with E-state index in [9.17, 15) is 0 Å². The van der Waals surface area contributed by atoms with Gasteiger partial charge in [-0.05, 0) is 25.8 Å². The van der Waals surface area contributed by atoms with Crippen molar-refractivity contribution in [3.8, 4) is 0 Å². The van der Waals surface area contributed by atoms with E-state index in [2.05, 4.69) is 23.8 Å². The van der Waals surface area contributed by atoms with Crippen LogP contribution >= 0.6 is 11.3 Å². The number of methoxy groups -OCH3 is 1. The molecule has 0 radical (unpaired) electrons. The minimum atomic E-state index is 0.601. The highest BCUT2D eigenvalue weighted by Gasteiger charge is 2.12. The Balaban J connectivity index is 2.35. The van der Waals surface area contributed by atoms with Crippen LogP contribution in [-0.2, 0) is 11.2 Å². The third-order valence-corrected chi connectivity index (χ3v) is 3.95. The molecule has 2 aromatic heterocycles. The fraction of sp³-hybridized carbons (Fsp3) is 0.500. The van der Waals surface area contributed by atoms with Gasteiger partial charge in [-0.25, -0.2) is 9.97 Å². The third-order valence-electron chi connectivity index (χ3n) is 2.85. The molecule has 5 heteroatoms. The van der Waals surface area contributed by atoms with E-state index in [0.29, 0.717) is 5.82 Å². The lowest BCUT2D eigenvalue weighted by Gasteiger charge is -2.02. The second kappa shape index (κ2) is 4.98. The van der Waals surface area contributed by atoms with Gasteiger partial charge in [-0.15, -0.1) is 11.3 Å². The van der Waals surface area contributed by atoms with Crippen molar-refractivity contribution in [1.29, 1.82) is 0 Å². The number of ether oxygens (including phenoxy) is 1. The van der Waals surface area contributed by atoms with E-state index >= 15 is 0 Å². The lowest BCUT2D eigenvalue weighted by Crippen LogP contribution is -2.02. The first-order chi connectivity index (χ1) is 8.13. The zero-order valence-corrected chi connectivity index (χ0v) is 11.2. The van der Waals surface area contributed by atoms with Crippen molar-refractivity contribution in [2.75, 3.05) is 19.5 Å². The van der Waals surface area contributed by atoms with E-state index in [-0.39, 0.29) is 0 Å². The van der Waals surface area contributed by atoms with Crippen molar-refractivity contribution in [1.82, 2.24) is 9.97 Å². The number of fused-ring (bicyclic) bond motifs is 1. The molecule has 2 heterocycles.